The summed E-state index contributed by atoms with van der Waals surface area (Å²) in [5.74, 6) is 0.0953. The monoisotopic (exact) mass is 560 g/mol. The number of piperidine rings is 2. The molecule has 0 bridgehead atoms. The minimum atomic E-state index is -4.12. The van der Waals surface area contributed by atoms with E-state index in [1.807, 2.05) is 17.0 Å². The van der Waals surface area contributed by atoms with Gasteiger partial charge in [-0.25, -0.2) is 8.78 Å². The Balaban J connectivity index is 1.14. The van der Waals surface area contributed by atoms with Gasteiger partial charge in [0.25, 0.3) is 0 Å². The molecule has 2 aliphatic heterocycles. The first-order valence-electron chi connectivity index (χ1n) is 14.9. The molecular formula is C33H41F5N2. The molecule has 0 radical (unpaired) electrons. The summed E-state index contributed by atoms with van der Waals surface area (Å²) in [5.41, 5.74) is 1.37. The largest absolute Gasteiger partial charge is 0.395 e. The summed E-state index contributed by atoms with van der Waals surface area (Å²) >= 11 is 0. The summed E-state index contributed by atoms with van der Waals surface area (Å²) in [6.07, 6.45) is 2.64. The first kappa shape index (κ1) is 29.1. The summed E-state index contributed by atoms with van der Waals surface area (Å²) in [6.45, 7) is 9.73. The minimum absolute atomic E-state index is 0.124. The van der Waals surface area contributed by atoms with Crippen LogP contribution in [0, 0.1) is 28.9 Å². The Bertz CT molecular complexity index is 1190. The Morgan fingerprint density at radius 2 is 1.60 bits per heavy atom. The predicted octanol–water partition coefficient (Wildman–Crippen LogP) is 8.71. The van der Waals surface area contributed by atoms with E-state index in [0.717, 1.165) is 55.6 Å². The molecule has 1 saturated carbocycles. The van der Waals surface area contributed by atoms with Crippen LogP contribution in [0.2, 0.25) is 0 Å². The number of alkyl halides is 3. The van der Waals surface area contributed by atoms with E-state index in [1.165, 1.54) is 18.6 Å². The van der Waals surface area contributed by atoms with Crippen LogP contribution in [0.4, 0.5) is 22.0 Å². The van der Waals surface area contributed by atoms with E-state index in [2.05, 4.69) is 18.4 Å². The van der Waals surface area contributed by atoms with Crippen molar-refractivity contribution in [3.63, 3.8) is 0 Å². The minimum Gasteiger partial charge on any atom is -0.371 e. The summed E-state index contributed by atoms with van der Waals surface area (Å²) in [4.78, 5) is 4.19. The molecule has 0 aromatic heterocycles. The molecule has 2 heterocycles. The van der Waals surface area contributed by atoms with E-state index >= 15 is 8.78 Å². The maximum atomic E-state index is 15.1. The highest BCUT2D eigenvalue weighted by Crippen LogP contribution is 2.53. The summed E-state index contributed by atoms with van der Waals surface area (Å²) < 4.78 is 70.9. The third-order valence-electron chi connectivity index (χ3n) is 9.65. The van der Waals surface area contributed by atoms with Crippen LogP contribution in [0.15, 0.2) is 43.0 Å². The van der Waals surface area contributed by atoms with E-state index < -0.39 is 23.2 Å². The molecule has 3 fully saturated rings. The molecule has 0 spiro atoms. The summed E-state index contributed by atoms with van der Waals surface area (Å²) in [5, 5.41) is 0. The Labute approximate surface area is 235 Å². The van der Waals surface area contributed by atoms with Gasteiger partial charge < -0.3 is 9.80 Å². The zero-order chi connectivity index (χ0) is 28.5. The van der Waals surface area contributed by atoms with E-state index in [-0.39, 0.29) is 30.5 Å². The van der Waals surface area contributed by atoms with E-state index in [4.69, 9.17) is 0 Å². The first-order chi connectivity index (χ1) is 19.0. The van der Waals surface area contributed by atoms with Gasteiger partial charge in [0.1, 0.15) is 11.6 Å². The quantitative estimate of drug-likeness (QED) is 0.298. The van der Waals surface area contributed by atoms with Crippen LogP contribution >= 0.6 is 0 Å². The lowest BCUT2D eigenvalue weighted by molar-refractivity contribution is -0.256. The number of nitrogens with zero attached hydrogens (tertiary/aromatic N) is 2. The van der Waals surface area contributed by atoms with Crippen LogP contribution in [0.25, 0.3) is 16.8 Å². The van der Waals surface area contributed by atoms with Gasteiger partial charge in [-0.2, -0.15) is 13.2 Å². The number of hydrogen-bond donors (Lipinski definition) is 0. The van der Waals surface area contributed by atoms with Crippen molar-refractivity contribution in [1.82, 2.24) is 9.80 Å². The van der Waals surface area contributed by atoms with Gasteiger partial charge in [0.2, 0.25) is 0 Å². The molecule has 2 aromatic carbocycles. The zero-order valence-electron chi connectivity index (χ0n) is 23.5. The second-order valence-electron chi connectivity index (χ2n) is 12.5. The second kappa shape index (κ2) is 11.8. The van der Waals surface area contributed by atoms with Gasteiger partial charge in [0.05, 0.1) is 5.41 Å². The molecule has 1 atom stereocenters. The molecule has 2 aromatic rings. The third kappa shape index (κ3) is 6.24. The molecule has 1 unspecified atom stereocenters. The van der Waals surface area contributed by atoms with Crippen molar-refractivity contribution in [1.29, 1.82) is 0 Å². The average molecular weight is 561 g/mol. The van der Waals surface area contributed by atoms with Crippen molar-refractivity contribution in [3.05, 3.63) is 65.7 Å². The Morgan fingerprint density at radius 1 is 0.925 bits per heavy atom. The van der Waals surface area contributed by atoms with Gasteiger partial charge in [0.15, 0.2) is 0 Å². The maximum absolute atomic E-state index is 15.1. The molecule has 0 N–H and O–H groups in total. The molecule has 2 nitrogen and oxygen atoms in total. The average Bonchev–Trinajstić information content (AvgIpc) is 2.89. The topological polar surface area (TPSA) is 6.48 Å². The summed E-state index contributed by atoms with van der Waals surface area (Å²) in [7, 11) is 0. The van der Waals surface area contributed by atoms with E-state index in [1.54, 1.807) is 12.1 Å². The van der Waals surface area contributed by atoms with Gasteiger partial charge >= 0.3 is 6.18 Å². The molecule has 1 aliphatic carbocycles. The van der Waals surface area contributed by atoms with Crippen LogP contribution in [0.5, 0.6) is 0 Å². The Hall–Kier alpha value is -2.41. The van der Waals surface area contributed by atoms with Gasteiger partial charge in [0, 0.05) is 42.0 Å². The van der Waals surface area contributed by atoms with Crippen LogP contribution < -0.4 is 0 Å². The van der Waals surface area contributed by atoms with Gasteiger partial charge in [-0.15, -0.1) is 0 Å². The number of likely N-dealkylation sites (tertiary alicyclic amines) is 2. The molecule has 7 heteroatoms. The van der Waals surface area contributed by atoms with Gasteiger partial charge in [-0.05, 0) is 94.0 Å². The number of aryl methyl sites for hydroxylation is 1. The molecule has 218 valence electrons. The predicted molar refractivity (Wildman–Crippen MR) is 151 cm³/mol. The zero-order valence-corrected chi connectivity index (χ0v) is 23.5. The fourth-order valence-corrected chi connectivity index (χ4v) is 6.83. The SMILES string of the molecule is C=C(c1ccc(-c2ccc(CCC3CCN(CC4(C(F)(F)F)CCC4)CC3)cc2F)c(F)c1)N1CCCC(C)C1. The molecule has 0 amide bonds. The van der Waals surface area contributed by atoms with Crippen molar-refractivity contribution in [2.24, 2.45) is 17.3 Å². The third-order valence-corrected chi connectivity index (χ3v) is 9.65. The smallest absolute Gasteiger partial charge is 0.371 e. The fourth-order valence-electron chi connectivity index (χ4n) is 6.83. The first-order valence-corrected chi connectivity index (χ1v) is 14.9. The van der Waals surface area contributed by atoms with Crippen molar-refractivity contribution in [3.8, 4) is 11.1 Å². The number of halogens is 5. The lowest BCUT2D eigenvalue weighted by Gasteiger charge is -2.47. The highest BCUT2D eigenvalue weighted by molar-refractivity contribution is 5.70. The van der Waals surface area contributed by atoms with Crippen molar-refractivity contribution >= 4 is 5.70 Å². The number of rotatable bonds is 8. The standard InChI is InChI=1S/C33H41F5N2/c1-23-5-3-16-40(21-23)24(2)27-9-11-29(31(35)20-27)28-10-8-26(19-30(28)34)7-6-25-12-17-39(18-13-25)22-32(14-4-15-32)33(36,37)38/h8-11,19-20,23,25H,2-7,12-18,21-22H2,1H3. The summed E-state index contributed by atoms with van der Waals surface area (Å²) in [6, 6.07) is 9.93. The van der Waals surface area contributed by atoms with E-state index in [0.29, 0.717) is 37.8 Å². The molecule has 2 saturated heterocycles. The number of benzene rings is 2. The lowest BCUT2D eigenvalue weighted by Crippen LogP contribution is -2.53. The van der Waals surface area contributed by atoms with Crippen molar-refractivity contribution in [2.45, 2.75) is 70.9 Å². The van der Waals surface area contributed by atoms with E-state index in [9.17, 15) is 13.2 Å². The van der Waals surface area contributed by atoms with Gasteiger partial charge in [-0.3, -0.25) is 0 Å². The second-order valence-corrected chi connectivity index (χ2v) is 12.5. The highest BCUT2D eigenvalue weighted by Gasteiger charge is 2.58. The molecular weight excluding hydrogens is 519 g/mol. The Morgan fingerprint density at radius 3 is 2.17 bits per heavy atom. The van der Waals surface area contributed by atoms with Gasteiger partial charge in [-0.1, -0.05) is 44.2 Å². The van der Waals surface area contributed by atoms with Crippen LogP contribution in [0.1, 0.15) is 69.4 Å². The maximum Gasteiger partial charge on any atom is 0.395 e. The normalized spacial score (nSPS) is 22.2. The molecule has 5 rings (SSSR count). The van der Waals surface area contributed by atoms with Crippen molar-refractivity contribution in [2.75, 3.05) is 32.7 Å². The Kier molecular flexibility index (Phi) is 8.61. The highest BCUT2D eigenvalue weighted by atomic mass is 19.4. The fraction of sp³-hybridized carbons (Fsp3) is 0.576. The van der Waals surface area contributed by atoms with Crippen LogP contribution in [-0.2, 0) is 6.42 Å². The number of hydrogen-bond acceptors (Lipinski definition) is 2. The molecule has 3 aliphatic rings. The van der Waals surface area contributed by atoms with Crippen LogP contribution in [0.3, 0.4) is 0 Å². The molecule has 40 heavy (non-hydrogen) atoms. The van der Waals surface area contributed by atoms with Crippen molar-refractivity contribution < 1.29 is 22.0 Å². The van der Waals surface area contributed by atoms with Crippen LogP contribution in [-0.4, -0.2) is 48.7 Å². The lowest BCUT2D eigenvalue weighted by atomic mass is 9.67.